The van der Waals surface area contributed by atoms with Gasteiger partial charge in [0.1, 0.15) is 0 Å². The summed E-state index contributed by atoms with van der Waals surface area (Å²) in [5.41, 5.74) is 2.30. The summed E-state index contributed by atoms with van der Waals surface area (Å²) in [7, 11) is 0. The van der Waals surface area contributed by atoms with Crippen molar-refractivity contribution in [1.82, 2.24) is 0 Å². The Bertz CT molecular complexity index is 301. The van der Waals surface area contributed by atoms with E-state index in [0.29, 0.717) is 5.41 Å². The van der Waals surface area contributed by atoms with Gasteiger partial charge in [0.25, 0.3) is 0 Å². The van der Waals surface area contributed by atoms with Crippen molar-refractivity contribution in [3.05, 3.63) is 12.2 Å². The predicted octanol–water partition coefficient (Wildman–Crippen LogP) is 4.27. The monoisotopic (exact) mass is 204 g/mol. The van der Waals surface area contributed by atoms with E-state index in [1.54, 1.807) is 5.57 Å². The quantitative estimate of drug-likeness (QED) is 0.559. The Morgan fingerprint density at radius 1 is 1.27 bits per heavy atom. The normalized spacial score (nSPS) is 52.9. The maximum Gasteiger partial charge on any atom is -0.0138 e. The summed E-state index contributed by atoms with van der Waals surface area (Å²) >= 11 is 0. The van der Waals surface area contributed by atoms with Gasteiger partial charge in [-0.3, -0.25) is 0 Å². The molecule has 3 rings (SSSR count). The minimum absolute atomic E-state index is 0.660. The molecule has 0 heterocycles. The van der Waals surface area contributed by atoms with E-state index in [1.807, 2.05) is 0 Å². The first kappa shape index (κ1) is 9.93. The van der Waals surface area contributed by atoms with Crippen LogP contribution in [0.2, 0.25) is 0 Å². The zero-order valence-electron chi connectivity index (χ0n) is 10.4. The van der Waals surface area contributed by atoms with Crippen LogP contribution in [0.4, 0.5) is 0 Å². The van der Waals surface area contributed by atoms with E-state index in [-0.39, 0.29) is 0 Å². The summed E-state index contributed by atoms with van der Waals surface area (Å²) in [6.07, 6.45) is 5.88. The Kier molecular flexibility index (Phi) is 1.92. The first-order valence-corrected chi connectivity index (χ1v) is 6.74. The molecular formula is C15H24. The first-order valence-electron chi connectivity index (χ1n) is 6.74. The van der Waals surface area contributed by atoms with Crippen LogP contribution in [0, 0.1) is 35.0 Å². The zero-order chi connectivity index (χ0) is 10.8. The van der Waals surface area contributed by atoms with Crippen molar-refractivity contribution < 1.29 is 0 Å². The molecule has 0 aromatic carbocycles. The molecule has 0 aromatic rings. The summed E-state index contributed by atoms with van der Waals surface area (Å²) in [6, 6.07) is 0. The van der Waals surface area contributed by atoms with Gasteiger partial charge in [0.05, 0.1) is 0 Å². The van der Waals surface area contributed by atoms with Crippen molar-refractivity contribution in [3.8, 4) is 0 Å². The molecule has 3 fully saturated rings. The molecule has 4 unspecified atom stereocenters. The van der Waals surface area contributed by atoms with E-state index in [9.17, 15) is 0 Å². The van der Waals surface area contributed by atoms with E-state index in [4.69, 9.17) is 0 Å². The average Bonchev–Trinajstić information content (AvgIpc) is 2.57. The molecule has 84 valence electrons. The Labute approximate surface area is 94.1 Å². The average molecular weight is 204 g/mol. The molecule has 0 radical (unpaired) electrons. The van der Waals surface area contributed by atoms with E-state index < -0.39 is 0 Å². The molecule has 0 aromatic heterocycles. The second kappa shape index (κ2) is 2.90. The van der Waals surface area contributed by atoms with Gasteiger partial charge in [0, 0.05) is 0 Å². The van der Waals surface area contributed by atoms with Crippen LogP contribution in [0.25, 0.3) is 0 Å². The Hall–Kier alpha value is -0.260. The van der Waals surface area contributed by atoms with Crippen LogP contribution >= 0.6 is 0 Å². The Balaban J connectivity index is 1.99. The van der Waals surface area contributed by atoms with Crippen molar-refractivity contribution in [2.75, 3.05) is 0 Å². The molecule has 15 heavy (non-hydrogen) atoms. The van der Waals surface area contributed by atoms with Gasteiger partial charge < -0.3 is 0 Å². The fourth-order valence-electron chi connectivity index (χ4n) is 5.29. The third-order valence-electron chi connectivity index (χ3n) is 6.05. The molecule has 0 saturated heterocycles. The van der Waals surface area contributed by atoms with Crippen molar-refractivity contribution in [2.24, 2.45) is 35.0 Å². The Morgan fingerprint density at radius 3 is 2.67 bits per heavy atom. The highest BCUT2D eigenvalue weighted by Gasteiger charge is 2.61. The topological polar surface area (TPSA) is 0 Å². The van der Waals surface area contributed by atoms with Crippen molar-refractivity contribution in [1.29, 1.82) is 0 Å². The summed E-state index contributed by atoms with van der Waals surface area (Å²) in [5, 5.41) is 0. The van der Waals surface area contributed by atoms with Gasteiger partial charge in [0.2, 0.25) is 0 Å². The highest BCUT2D eigenvalue weighted by molar-refractivity contribution is 5.28. The second-order valence-electron chi connectivity index (χ2n) is 6.79. The largest absolute Gasteiger partial charge is 0.0993 e. The second-order valence-corrected chi connectivity index (χ2v) is 6.79. The molecule has 0 nitrogen and oxygen atoms in total. The van der Waals surface area contributed by atoms with Crippen LogP contribution in [-0.4, -0.2) is 0 Å². The fourth-order valence-corrected chi connectivity index (χ4v) is 5.29. The molecule has 3 aliphatic rings. The summed E-state index contributed by atoms with van der Waals surface area (Å²) in [5.74, 6) is 4.58. The summed E-state index contributed by atoms with van der Waals surface area (Å²) in [6.45, 7) is 11.8. The molecule has 0 amide bonds. The molecule has 0 heteroatoms. The smallest absolute Gasteiger partial charge is 0.0138 e. The van der Waals surface area contributed by atoms with Gasteiger partial charge >= 0.3 is 0 Å². The molecule has 3 aliphatic carbocycles. The maximum absolute atomic E-state index is 4.46. The van der Waals surface area contributed by atoms with Gasteiger partial charge in [-0.2, -0.15) is 0 Å². The van der Waals surface area contributed by atoms with Crippen molar-refractivity contribution >= 4 is 0 Å². The SMILES string of the molecule is C=C1C2C3CCC1C3(C)CC[C@@H]2C(C)C. The lowest BCUT2D eigenvalue weighted by molar-refractivity contribution is 0.0739. The fraction of sp³-hybridized carbons (Fsp3) is 0.867. The molecule has 4 bridgehead atoms. The molecular weight excluding hydrogens is 180 g/mol. The first-order chi connectivity index (χ1) is 7.05. The molecule has 0 N–H and O–H groups in total. The van der Waals surface area contributed by atoms with Crippen LogP contribution in [0.1, 0.15) is 46.5 Å². The highest BCUT2D eigenvalue weighted by atomic mass is 14.7. The molecule has 5 atom stereocenters. The standard InChI is InChI=1S/C15H24/c1-9(2)11-7-8-15(4)12-5-6-13(15)14(11)10(12)3/h9,11-14H,3,5-8H2,1-2,4H3/t11-,12?,13?,14?,15?/m1/s1. The van der Waals surface area contributed by atoms with E-state index in [1.165, 1.54) is 25.7 Å². The predicted molar refractivity (Wildman–Crippen MR) is 64.5 cm³/mol. The van der Waals surface area contributed by atoms with Crippen molar-refractivity contribution in [3.63, 3.8) is 0 Å². The lowest BCUT2D eigenvalue weighted by atomic mass is 9.62. The minimum Gasteiger partial charge on any atom is -0.0993 e. The van der Waals surface area contributed by atoms with Gasteiger partial charge in [-0.15, -0.1) is 0 Å². The number of hydrogen-bond donors (Lipinski definition) is 0. The van der Waals surface area contributed by atoms with Crippen LogP contribution < -0.4 is 0 Å². The molecule has 0 aliphatic heterocycles. The van der Waals surface area contributed by atoms with E-state index in [2.05, 4.69) is 27.4 Å². The summed E-state index contributed by atoms with van der Waals surface area (Å²) < 4.78 is 0. The minimum atomic E-state index is 0.660. The number of rotatable bonds is 1. The third-order valence-corrected chi connectivity index (χ3v) is 6.05. The van der Waals surface area contributed by atoms with Gasteiger partial charge in [0.15, 0.2) is 0 Å². The molecule has 3 saturated carbocycles. The van der Waals surface area contributed by atoms with Crippen LogP contribution in [0.3, 0.4) is 0 Å². The third kappa shape index (κ3) is 1.04. The highest BCUT2D eigenvalue weighted by Crippen LogP contribution is 2.70. The van der Waals surface area contributed by atoms with E-state index in [0.717, 1.165) is 29.6 Å². The summed E-state index contributed by atoms with van der Waals surface area (Å²) in [4.78, 5) is 0. The lowest BCUT2D eigenvalue weighted by Gasteiger charge is -2.42. The van der Waals surface area contributed by atoms with Gasteiger partial charge in [-0.05, 0) is 60.7 Å². The van der Waals surface area contributed by atoms with Crippen LogP contribution in [0.5, 0.6) is 0 Å². The van der Waals surface area contributed by atoms with Gasteiger partial charge in [-0.1, -0.05) is 32.9 Å². The van der Waals surface area contributed by atoms with Crippen molar-refractivity contribution in [2.45, 2.75) is 46.5 Å². The van der Waals surface area contributed by atoms with Crippen LogP contribution in [-0.2, 0) is 0 Å². The molecule has 0 spiro atoms. The van der Waals surface area contributed by atoms with E-state index >= 15 is 0 Å². The Morgan fingerprint density at radius 2 is 2.00 bits per heavy atom. The van der Waals surface area contributed by atoms with Gasteiger partial charge in [-0.25, -0.2) is 0 Å². The van der Waals surface area contributed by atoms with Crippen LogP contribution in [0.15, 0.2) is 12.2 Å². The zero-order valence-corrected chi connectivity index (χ0v) is 10.4. The number of hydrogen-bond acceptors (Lipinski definition) is 0. The maximum atomic E-state index is 4.46. The number of allylic oxidation sites excluding steroid dienone is 1. The lowest BCUT2D eigenvalue weighted by Crippen LogP contribution is -2.35.